The number of aromatic nitrogens is 2. The summed E-state index contributed by atoms with van der Waals surface area (Å²) >= 11 is 0. The fourth-order valence-corrected chi connectivity index (χ4v) is 0.984. The van der Waals surface area contributed by atoms with Crippen molar-refractivity contribution in [3.8, 4) is 5.69 Å². The molecule has 0 unspecified atom stereocenters. The van der Waals surface area contributed by atoms with E-state index in [0.717, 1.165) is 0 Å². The number of benzene rings is 1. The fourth-order valence-electron chi connectivity index (χ4n) is 0.984. The lowest BCUT2D eigenvalue weighted by molar-refractivity contribution is 0.610. The fraction of sp³-hybridized carbons (Fsp3) is 0. The van der Waals surface area contributed by atoms with Gasteiger partial charge in [0.1, 0.15) is 11.5 Å². The van der Waals surface area contributed by atoms with Gasteiger partial charge in [-0.3, -0.25) is 0 Å². The Labute approximate surface area is 69.3 Å². The van der Waals surface area contributed by atoms with E-state index in [1.54, 1.807) is 30.6 Å². The Morgan fingerprint density at radius 1 is 1.42 bits per heavy atom. The molecule has 0 saturated carbocycles. The summed E-state index contributed by atoms with van der Waals surface area (Å²) in [5, 5.41) is 3.89. The summed E-state index contributed by atoms with van der Waals surface area (Å²) in [5.41, 5.74) is 0.350. The highest BCUT2D eigenvalue weighted by molar-refractivity contribution is 5.30. The van der Waals surface area contributed by atoms with Crippen LogP contribution in [0.15, 0.2) is 36.7 Å². The molecule has 1 heterocycles. The first-order valence-electron chi connectivity index (χ1n) is 3.54. The van der Waals surface area contributed by atoms with Gasteiger partial charge in [0.15, 0.2) is 0 Å². The Bertz CT molecular complexity index is 368. The van der Waals surface area contributed by atoms with E-state index in [1.165, 1.54) is 10.7 Å². The van der Waals surface area contributed by atoms with Gasteiger partial charge in [-0.25, -0.2) is 9.07 Å². The smallest absolute Gasteiger partial charge is 0.149 e. The van der Waals surface area contributed by atoms with Gasteiger partial charge in [0.05, 0.1) is 0 Å². The highest BCUT2D eigenvalue weighted by Crippen LogP contribution is 2.09. The maximum Gasteiger partial charge on any atom is 0.149 e. The van der Waals surface area contributed by atoms with Crippen molar-refractivity contribution >= 4 is 0 Å². The van der Waals surface area contributed by atoms with Crippen molar-refractivity contribution in [1.29, 1.82) is 0 Å². The molecule has 0 spiro atoms. The minimum absolute atomic E-state index is 0.318. The number of hydrogen-bond donors (Lipinski definition) is 0. The molecule has 12 heavy (non-hydrogen) atoms. The van der Waals surface area contributed by atoms with Gasteiger partial charge in [0.2, 0.25) is 0 Å². The van der Waals surface area contributed by atoms with E-state index in [9.17, 15) is 4.39 Å². The number of halogens is 1. The van der Waals surface area contributed by atoms with E-state index in [0.29, 0.717) is 5.69 Å². The van der Waals surface area contributed by atoms with Gasteiger partial charge >= 0.3 is 0 Å². The Balaban J connectivity index is 2.55. The van der Waals surface area contributed by atoms with Gasteiger partial charge in [0, 0.05) is 18.5 Å². The van der Waals surface area contributed by atoms with Crippen molar-refractivity contribution in [1.82, 2.24) is 9.78 Å². The van der Waals surface area contributed by atoms with Crippen LogP contribution in [0.5, 0.6) is 0 Å². The number of hydrogen-bond acceptors (Lipinski definition) is 1. The van der Waals surface area contributed by atoms with Gasteiger partial charge in [0.25, 0.3) is 0 Å². The number of nitrogens with zero attached hydrogens (tertiary/aromatic N) is 2. The van der Waals surface area contributed by atoms with Crippen LogP contribution in [0.1, 0.15) is 0 Å². The zero-order valence-corrected chi connectivity index (χ0v) is 6.24. The third-order valence-electron chi connectivity index (χ3n) is 1.52. The summed E-state index contributed by atoms with van der Waals surface area (Å²) in [6, 6.07) is 9.14. The molecule has 3 heteroatoms. The van der Waals surface area contributed by atoms with Crippen LogP contribution in [-0.4, -0.2) is 9.78 Å². The highest BCUT2D eigenvalue weighted by atomic mass is 19.1. The van der Waals surface area contributed by atoms with E-state index in [2.05, 4.69) is 11.2 Å². The summed E-state index contributed by atoms with van der Waals surface area (Å²) < 4.78 is 14.5. The summed E-state index contributed by atoms with van der Waals surface area (Å²) in [6.07, 6.45) is 3.27. The molecule has 0 saturated heterocycles. The molecular weight excluding hydrogens is 155 g/mol. The second kappa shape index (κ2) is 2.77. The normalized spacial score (nSPS) is 10.1. The van der Waals surface area contributed by atoms with E-state index in [1.807, 2.05) is 0 Å². The molecule has 0 aliphatic heterocycles. The van der Waals surface area contributed by atoms with E-state index < -0.39 is 0 Å². The topological polar surface area (TPSA) is 17.8 Å². The Hall–Kier alpha value is -1.64. The Kier molecular flexibility index (Phi) is 1.63. The van der Waals surface area contributed by atoms with Crippen LogP contribution in [0.3, 0.4) is 0 Å². The molecule has 1 radical (unpaired) electrons. The Morgan fingerprint density at radius 2 is 2.33 bits per heavy atom. The maximum absolute atomic E-state index is 13.1. The van der Waals surface area contributed by atoms with Crippen molar-refractivity contribution < 1.29 is 4.39 Å². The van der Waals surface area contributed by atoms with Crippen molar-refractivity contribution in [3.63, 3.8) is 0 Å². The first-order valence-corrected chi connectivity index (χ1v) is 3.54. The standard InChI is InChI=1S/C9H6FN2/c10-8-4-1-2-5-9(8)12-7-3-6-11-12/h1-4,6-7H. The molecule has 0 atom stereocenters. The summed E-state index contributed by atoms with van der Waals surface area (Å²) in [7, 11) is 0. The Morgan fingerprint density at radius 3 is 3.00 bits per heavy atom. The summed E-state index contributed by atoms with van der Waals surface area (Å²) in [4.78, 5) is 0. The van der Waals surface area contributed by atoms with Crippen LogP contribution in [0.4, 0.5) is 4.39 Å². The van der Waals surface area contributed by atoms with E-state index >= 15 is 0 Å². The zero-order valence-electron chi connectivity index (χ0n) is 6.24. The van der Waals surface area contributed by atoms with Crippen molar-refractivity contribution in [2.24, 2.45) is 0 Å². The largest absolute Gasteiger partial charge is 0.237 e. The van der Waals surface area contributed by atoms with Crippen LogP contribution in [0, 0.1) is 11.9 Å². The average Bonchev–Trinajstić information content (AvgIpc) is 2.57. The average molecular weight is 161 g/mol. The molecule has 0 fully saturated rings. The lowest BCUT2D eigenvalue weighted by atomic mass is 10.3. The molecule has 1 aromatic heterocycles. The SMILES string of the molecule is Fc1ccc[c]c1-n1cccn1. The van der Waals surface area contributed by atoms with Crippen LogP contribution in [-0.2, 0) is 0 Å². The second-order valence-electron chi connectivity index (χ2n) is 2.32. The molecule has 2 nitrogen and oxygen atoms in total. The zero-order chi connectivity index (χ0) is 8.39. The molecule has 0 aliphatic rings. The second-order valence-corrected chi connectivity index (χ2v) is 2.32. The third-order valence-corrected chi connectivity index (χ3v) is 1.52. The van der Waals surface area contributed by atoms with Crippen molar-refractivity contribution in [3.05, 3.63) is 48.5 Å². The molecule has 0 N–H and O–H groups in total. The molecule has 59 valence electrons. The van der Waals surface area contributed by atoms with Crippen LogP contribution in [0.2, 0.25) is 0 Å². The molecule has 2 rings (SSSR count). The molecule has 0 aliphatic carbocycles. The molecule has 1 aromatic carbocycles. The minimum Gasteiger partial charge on any atom is -0.237 e. The molecule has 0 amide bonds. The monoisotopic (exact) mass is 161 g/mol. The lowest BCUT2D eigenvalue weighted by Gasteiger charge is -2.00. The van der Waals surface area contributed by atoms with Crippen LogP contribution in [0.25, 0.3) is 5.69 Å². The van der Waals surface area contributed by atoms with E-state index in [4.69, 9.17) is 0 Å². The predicted octanol–water partition coefficient (Wildman–Crippen LogP) is 1.81. The van der Waals surface area contributed by atoms with Gasteiger partial charge in [-0.15, -0.1) is 0 Å². The molecule has 0 bridgehead atoms. The van der Waals surface area contributed by atoms with Crippen molar-refractivity contribution in [2.75, 3.05) is 0 Å². The lowest BCUT2D eigenvalue weighted by Crippen LogP contribution is -1.97. The molecular formula is C9H6FN2. The predicted molar refractivity (Wildman–Crippen MR) is 42.4 cm³/mol. The van der Waals surface area contributed by atoms with Crippen LogP contribution >= 0.6 is 0 Å². The summed E-state index contributed by atoms with van der Waals surface area (Å²) in [5.74, 6) is -0.318. The van der Waals surface area contributed by atoms with Gasteiger partial charge in [-0.1, -0.05) is 12.1 Å². The van der Waals surface area contributed by atoms with Crippen molar-refractivity contribution in [2.45, 2.75) is 0 Å². The third kappa shape index (κ3) is 1.09. The highest BCUT2D eigenvalue weighted by Gasteiger charge is 2.01. The number of rotatable bonds is 1. The van der Waals surface area contributed by atoms with Crippen LogP contribution < -0.4 is 0 Å². The quantitative estimate of drug-likeness (QED) is 0.623. The number of para-hydroxylation sites is 1. The minimum atomic E-state index is -0.318. The maximum atomic E-state index is 13.1. The van der Waals surface area contributed by atoms with Gasteiger partial charge < -0.3 is 0 Å². The van der Waals surface area contributed by atoms with Gasteiger partial charge in [-0.05, 0) is 12.1 Å². The first-order chi connectivity index (χ1) is 5.88. The first kappa shape index (κ1) is 7.03. The summed E-state index contributed by atoms with van der Waals surface area (Å²) in [6.45, 7) is 0. The van der Waals surface area contributed by atoms with Gasteiger partial charge in [-0.2, -0.15) is 5.10 Å². The molecule has 2 aromatic rings. The van der Waals surface area contributed by atoms with E-state index in [-0.39, 0.29) is 5.82 Å².